The average Bonchev–Trinajstić information content (AvgIpc) is 3.12. The van der Waals surface area contributed by atoms with Crippen molar-refractivity contribution in [2.45, 2.75) is 25.3 Å². The Morgan fingerprint density at radius 2 is 1.96 bits per heavy atom. The normalized spacial score (nSPS) is 24.8. The summed E-state index contributed by atoms with van der Waals surface area (Å²) in [5.74, 6) is -1.01. The van der Waals surface area contributed by atoms with Gasteiger partial charge in [0, 0.05) is 39.3 Å². The molecule has 0 bridgehead atoms. The van der Waals surface area contributed by atoms with Crippen molar-refractivity contribution >= 4 is 17.6 Å². The van der Waals surface area contributed by atoms with Crippen LogP contribution in [0.25, 0.3) is 0 Å². The molecule has 2 unspecified atom stereocenters. The predicted octanol–water partition coefficient (Wildman–Crippen LogP) is 0.816. The Balaban J connectivity index is 1.54. The van der Waals surface area contributed by atoms with E-state index >= 15 is 0 Å². The Labute approximate surface area is 141 Å². The van der Waals surface area contributed by atoms with Gasteiger partial charge in [0.2, 0.25) is 0 Å². The first-order valence-electron chi connectivity index (χ1n) is 8.48. The summed E-state index contributed by atoms with van der Waals surface area (Å²) in [4.78, 5) is 31.5. The van der Waals surface area contributed by atoms with E-state index in [0.29, 0.717) is 11.7 Å². The second-order valence-corrected chi connectivity index (χ2v) is 6.51. The second-order valence-electron chi connectivity index (χ2n) is 6.51. The van der Waals surface area contributed by atoms with Gasteiger partial charge in [0.25, 0.3) is 5.91 Å². The van der Waals surface area contributed by atoms with Gasteiger partial charge in [-0.1, -0.05) is 0 Å². The van der Waals surface area contributed by atoms with Crippen LogP contribution in [-0.4, -0.2) is 66.1 Å². The molecule has 7 heteroatoms. The van der Waals surface area contributed by atoms with Crippen molar-refractivity contribution in [3.05, 3.63) is 24.0 Å². The highest BCUT2D eigenvalue weighted by atomic mass is 16.4. The van der Waals surface area contributed by atoms with E-state index < -0.39 is 5.97 Å². The van der Waals surface area contributed by atoms with Crippen molar-refractivity contribution in [1.82, 2.24) is 15.2 Å². The third-order valence-electron chi connectivity index (χ3n) is 5.16. The molecular formula is C17H24N4O3. The zero-order valence-corrected chi connectivity index (χ0v) is 13.9. The Bertz CT molecular complexity index is 596. The van der Waals surface area contributed by atoms with Crippen LogP contribution in [0.2, 0.25) is 0 Å². The molecule has 1 aromatic rings. The van der Waals surface area contributed by atoms with Crippen LogP contribution in [0.3, 0.4) is 0 Å². The van der Waals surface area contributed by atoms with Crippen molar-refractivity contribution in [3.8, 4) is 0 Å². The third kappa shape index (κ3) is 3.51. The summed E-state index contributed by atoms with van der Waals surface area (Å²) in [6, 6.07) is 4.08. The highest BCUT2D eigenvalue weighted by molar-refractivity contribution is 5.92. The van der Waals surface area contributed by atoms with Crippen LogP contribution in [0.5, 0.6) is 0 Å². The van der Waals surface area contributed by atoms with E-state index in [2.05, 4.69) is 20.1 Å². The lowest BCUT2D eigenvalue weighted by Crippen LogP contribution is -2.50. The summed E-state index contributed by atoms with van der Waals surface area (Å²) in [6.07, 6.45) is 4.30. The maximum Gasteiger partial charge on any atom is 0.306 e. The summed E-state index contributed by atoms with van der Waals surface area (Å²) in [5.41, 5.74) is 1.45. The van der Waals surface area contributed by atoms with Gasteiger partial charge >= 0.3 is 5.97 Å². The summed E-state index contributed by atoms with van der Waals surface area (Å²) in [7, 11) is 1.59. The van der Waals surface area contributed by atoms with Crippen LogP contribution in [-0.2, 0) is 4.79 Å². The number of carbonyl (C=O) groups excluding carboxylic acids is 1. The maximum absolute atomic E-state index is 11.5. The summed E-state index contributed by atoms with van der Waals surface area (Å²) in [5, 5.41) is 11.7. The quantitative estimate of drug-likeness (QED) is 0.849. The lowest BCUT2D eigenvalue weighted by molar-refractivity contribution is -0.141. The smallest absolute Gasteiger partial charge is 0.306 e. The van der Waals surface area contributed by atoms with Gasteiger partial charge in [-0.3, -0.25) is 14.5 Å². The SMILES string of the molecule is CNC(=O)c1ccc(N2CCN(C3CCC(C(=O)O)C3)CC2)cn1. The van der Waals surface area contributed by atoms with E-state index in [0.717, 1.165) is 51.1 Å². The van der Waals surface area contributed by atoms with Crippen LogP contribution >= 0.6 is 0 Å². The number of carboxylic acid groups (broad SMARTS) is 1. The fourth-order valence-electron chi connectivity index (χ4n) is 3.69. The van der Waals surface area contributed by atoms with E-state index in [-0.39, 0.29) is 11.8 Å². The molecule has 24 heavy (non-hydrogen) atoms. The summed E-state index contributed by atoms with van der Waals surface area (Å²) < 4.78 is 0. The van der Waals surface area contributed by atoms with Crippen LogP contribution in [0, 0.1) is 5.92 Å². The minimum atomic E-state index is -0.654. The molecule has 1 saturated heterocycles. The van der Waals surface area contributed by atoms with Crippen molar-refractivity contribution in [3.63, 3.8) is 0 Å². The van der Waals surface area contributed by atoms with Gasteiger partial charge in [0.05, 0.1) is 17.8 Å². The van der Waals surface area contributed by atoms with Crippen LogP contribution in [0.15, 0.2) is 18.3 Å². The molecular weight excluding hydrogens is 308 g/mol. The van der Waals surface area contributed by atoms with Crippen LogP contribution < -0.4 is 10.2 Å². The Morgan fingerprint density at radius 1 is 1.21 bits per heavy atom. The number of carboxylic acids is 1. The standard InChI is InChI=1S/C17H24N4O3/c1-18-16(22)15-5-4-14(11-19-15)21-8-6-20(7-9-21)13-3-2-12(10-13)17(23)24/h4-5,11-13H,2-3,6-10H2,1H3,(H,18,22)(H,23,24). The van der Waals surface area contributed by atoms with Gasteiger partial charge < -0.3 is 15.3 Å². The van der Waals surface area contributed by atoms with Crippen molar-refractivity contribution in [2.75, 3.05) is 38.1 Å². The molecule has 7 nitrogen and oxygen atoms in total. The Hall–Kier alpha value is -2.15. The summed E-state index contributed by atoms with van der Waals surface area (Å²) >= 11 is 0. The number of aliphatic carboxylic acids is 1. The second kappa shape index (κ2) is 7.17. The molecule has 2 fully saturated rings. The maximum atomic E-state index is 11.5. The zero-order chi connectivity index (χ0) is 17.1. The largest absolute Gasteiger partial charge is 0.481 e. The van der Waals surface area contributed by atoms with E-state index in [4.69, 9.17) is 5.11 Å². The molecule has 1 aliphatic carbocycles. The minimum Gasteiger partial charge on any atom is -0.481 e. The molecule has 1 aromatic heterocycles. The van der Waals surface area contributed by atoms with E-state index in [1.807, 2.05) is 6.07 Å². The number of nitrogens with one attached hydrogen (secondary N) is 1. The average molecular weight is 332 g/mol. The fourth-order valence-corrected chi connectivity index (χ4v) is 3.69. The molecule has 130 valence electrons. The number of carbonyl (C=O) groups is 2. The monoisotopic (exact) mass is 332 g/mol. The molecule has 1 saturated carbocycles. The molecule has 2 heterocycles. The first-order chi connectivity index (χ1) is 11.6. The van der Waals surface area contributed by atoms with Gasteiger partial charge in [-0.15, -0.1) is 0 Å². The van der Waals surface area contributed by atoms with Crippen LogP contribution in [0.4, 0.5) is 5.69 Å². The fraction of sp³-hybridized carbons (Fsp3) is 0.588. The number of amides is 1. The molecule has 2 atom stereocenters. The van der Waals surface area contributed by atoms with Gasteiger partial charge in [0.15, 0.2) is 0 Å². The molecule has 1 amide bonds. The van der Waals surface area contributed by atoms with Crippen molar-refractivity contribution < 1.29 is 14.7 Å². The number of anilines is 1. The highest BCUT2D eigenvalue weighted by Gasteiger charge is 2.34. The summed E-state index contributed by atoms with van der Waals surface area (Å²) in [6.45, 7) is 3.67. The molecule has 2 N–H and O–H groups in total. The van der Waals surface area contributed by atoms with Crippen molar-refractivity contribution in [2.24, 2.45) is 5.92 Å². The first kappa shape index (κ1) is 16.7. The molecule has 0 radical (unpaired) electrons. The molecule has 0 spiro atoms. The molecule has 1 aliphatic heterocycles. The Morgan fingerprint density at radius 3 is 2.50 bits per heavy atom. The number of rotatable bonds is 4. The number of pyridine rings is 1. The lowest BCUT2D eigenvalue weighted by Gasteiger charge is -2.39. The van der Waals surface area contributed by atoms with E-state index in [1.54, 1.807) is 19.3 Å². The Kier molecular flexibility index (Phi) is 4.99. The van der Waals surface area contributed by atoms with Gasteiger partial charge in [-0.2, -0.15) is 0 Å². The topological polar surface area (TPSA) is 85.8 Å². The van der Waals surface area contributed by atoms with Crippen molar-refractivity contribution in [1.29, 1.82) is 0 Å². The predicted molar refractivity (Wildman–Crippen MR) is 90.2 cm³/mol. The molecule has 0 aromatic carbocycles. The lowest BCUT2D eigenvalue weighted by atomic mass is 10.1. The highest BCUT2D eigenvalue weighted by Crippen LogP contribution is 2.30. The van der Waals surface area contributed by atoms with Gasteiger partial charge in [-0.05, 0) is 31.4 Å². The first-order valence-corrected chi connectivity index (χ1v) is 8.48. The van der Waals surface area contributed by atoms with Crippen LogP contribution in [0.1, 0.15) is 29.8 Å². The van der Waals surface area contributed by atoms with Gasteiger partial charge in [0.1, 0.15) is 5.69 Å². The van der Waals surface area contributed by atoms with Gasteiger partial charge in [-0.25, -0.2) is 4.98 Å². The molecule has 2 aliphatic rings. The molecule has 3 rings (SSSR count). The number of piperazine rings is 1. The van der Waals surface area contributed by atoms with E-state index in [1.165, 1.54) is 0 Å². The minimum absolute atomic E-state index is 0.172. The number of aromatic nitrogens is 1. The number of hydrogen-bond acceptors (Lipinski definition) is 5. The van der Waals surface area contributed by atoms with E-state index in [9.17, 15) is 9.59 Å². The number of hydrogen-bond donors (Lipinski definition) is 2. The number of nitrogens with zero attached hydrogens (tertiary/aromatic N) is 3. The third-order valence-corrected chi connectivity index (χ3v) is 5.16. The zero-order valence-electron chi connectivity index (χ0n) is 13.9.